The second kappa shape index (κ2) is 12.8. The van der Waals surface area contributed by atoms with E-state index in [0.29, 0.717) is 28.8 Å². The summed E-state index contributed by atoms with van der Waals surface area (Å²) in [6, 6.07) is 9.57. The molecule has 0 radical (unpaired) electrons. The number of phenolic OH excluding ortho intramolecular Hbond substituents is 1. The molecule has 0 aliphatic rings. The summed E-state index contributed by atoms with van der Waals surface area (Å²) in [7, 11) is 1.21. The van der Waals surface area contributed by atoms with E-state index < -0.39 is 17.9 Å². The fraction of sp³-hybridized carbons (Fsp3) is 0.346. The number of hydrogen-bond acceptors (Lipinski definition) is 9. The van der Waals surface area contributed by atoms with Gasteiger partial charge in [-0.1, -0.05) is 12.1 Å². The molecule has 1 atom stereocenters. The zero-order valence-electron chi connectivity index (χ0n) is 21.3. The predicted octanol–water partition coefficient (Wildman–Crippen LogP) is 2.92. The minimum Gasteiger partial charge on any atom is -0.508 e. The van der Waals surface area contributed by atoms with Crippen LogP contribution < -0.4 is 16.0 Å². The molecular formula is C26H31N5O5S. The lowest BCUT2D eigenvalue weighted by Gasteiger charge is -2.18. The fourth-order valence-electron chi connectivity index (χ4n) is 3.73. The summed E-state index contributed by atoms with van der Waals surface area (Å²) in [5.74, 6) is -0.926. The van der Waals surface area contributed by atoms with Crippen molar-refractivity contribution in [3.05, 3.63) is 68.7 Å². The first-order chi connectivity index (χ1) is 17.7. The Labute approximate surface area is 219 Å². The number of esters is 1. The van der Waals surface area contributed by atoms with E-state index in [1.807, 2.05) is 19.1 Å². The molecule has 3 rings (SSSR count). The number of anilines is 1. The molecule has 196 valence electrons. The standard InChI is InChI=1S/C26H31N5O5S/c1-15-10-11-21(37-15)23(33)28-14-20(25(35)36-4)31-24(34)22-16(2)29-26(30-17(22)3)27-12-6-8-18-7-5-9-19(32)13-18/h5,7,9-11,13,20,32H,6,8,12,14H2,1-4H3,(H,28,33)(H,31,34)(H,27,29,30)/t20-/m0/s1. The molecule has 0 unspecified atom stereocenters. The second-order valence-electron chi connectivity index (χ2n) is 8.46. The monoisotopic (exact) mass is 525 g/mol. The number of amides is 2. The van der Waals surface area contributed by atoms with Crippen LogP contribution in [0.4, 0.5) is 5.95 Å². The van der Waals surface area contributed by atoms with Crippen molar-refractivity contribution in [3.63, 3.8) is 0 Å². The van der Waals surface area contributed by atoms with Crippen LogP contribution in [-0.2, 0) is 16.0 Å². The number of hydrogen-bond donors (Lipinski definition) is 4. The lowest BCUT2D eigenvalue weighted by Crippen LogP contribution is -2.49. The highest BCUT2D eigenvalue weighted by molar-refractivity contribution is 7.13. The van der Waals surface area contributed by atoms with Gasteiger partial charge in [0.15, 0.2) is 0 Å². The van der Waals surface area contributed by atoms with Gasteiger partial charge in [-0.25, -0.2) is 14.8 Å². The highest BCUT2D eigenvalue weighted by atomic mass is 32.1. The van der Waals surface area contributed by atoms with Crippen LogP contribution in [0.3, 0.4) is 0 Å². The molecular weight excluding hydrogens is 494 g/mol. The summed E-state index contributed by atoms with van der Waals surface area (Å²) in [5, 5.41) is 18.0. The summed E-state index contributed by atoms with van der Waals surface area (Å²) in [6.07, 6.45) is 1.57. The molecule has 3 aromatic rings. The third kappa shape index (κ3) is 7.74. The van der Waals surface area contributed by atoms with Gasteiger partial charge in [0.25, 0.3) is 11.8 Å². The fourth-order valence-corrected chi connectivity index (χ4v) is 4.52. The van der Waals surface area contributed by atoms with Crippen LogP contribution in [0.1, 0.15) is 48.3 Å². The summed E-state index contributed by atoms with van der Waals surface area (Å²) >= 11 is 1.34. The number of nitrogens with zero attached hydrogens (tertiary/aromatic N) is 2. The van der Waals surface area contributed by atoms with Crippen molar-refractivity contribution < 1.29 is 24.2 Å². The van der Waals surface area contributed by atoms with E-state index in [1.54, 1.807) is 38.1 Å². The van der Waals surface area contributed by atoms with E-state index in [0.717, 1.165) is 23.3 Å². The van der Waals surface area contributed by atoms with Crippen molar-refractivity contribution >= 4 is 35.1 Å². The zero-order chi connectivity index (χ0) is 26.9. The molecule has 0 saturated heterocycles. The Morgan fingerprint density at radius 3 is 2.41 bits per heavy atom. The van der Waals surface area contributed by atoms with Crippen LogP contribution in [0.15, 0.2) is 36.4 Å². The second-order valence-corrected chi connectivity index (χ2v) is 9.75. The number of aromatic hydroxyl groups is 1. The maximum Gasteiger partial charge on any atom is 0.330 e. The molecule has 0 aliphatic carbocycles. The number of benzene rings is 1. The molecule has 0 spiro atoms. The first-order valence-electron chi connectivity index (χ1n) is 11.8. The highest BCUT2D eigenvalue weighted by Gasteiger charge is 2.26. The van der Waals surface area contributed by atoms with Crippen LogP contribution in [0.25, 0.3) is 0 Å². The van der Waals surface area contributed by atoms with Gasteiger partial charge in [-0.2, -0.15) is 0 Å². The zero-order valence-corrected chi connectivity index (χ0v) is 22.1. The number of carbonyl (C=O) groups is 3. The first kappa shape index (κ1) is 27.6. The quantitative estimate of drug-likeness (QED) is 0.221. The van der Waals surface area contributed by atoms with Crippen LogP contribution in [-0.4, -0.2) is 59.1 Å². The van der Waals surface area contributed by atoms with Crippen molar-refractivity contribution in [1.82, 2.24) is 20.6 Å². The van der Waals surface area contributed by atoms with Crippen LogP contribution >= 0.6 is 11.3 Å². The van der Waals surface area contributed by atoms with Crippen LogP contribution in [0, 0.1) is 20.8 Å². The molecule has 0 fully saturated rings. The summed E-state index contributed by atoms with van der Waals surface area (Å²) in [5.41, 5.74) is 2.17. The topological polar surface area (TPSA) is 143 Å². The summed E-state index contributed by atoms with van der Waals surface area (Å²) in [4.78, 5) is 48.0. The third-order valence-corrected chi connectivity index (χ3v) is 6.56. The average Bonchev–Trinajstić information content (AvgIpc) is 3.29. The van der Waals surface area contributed by atoms with E-state index in [-0.39, 0.29) is 23.8 Å². The highest BCUT2D eigenvalue weighted by Crippen LogP contribution is 2.16. The Morgan fingerprint density at radius 2 is 1.78 bits per heavy atom. The number of ether oxygens (including phenoxy) is 1. The lowest BCUT2D eigenvalue weighted by atomic mass is 10.1. The molecule has 0 aliphatic heterocycles. The Bertz CT molecular complexity index is 1250. The van der Waals surface area contributed by atoms with Gasteiger partial charge in [0, 0.05) is 18.0 Å². The van der Waals surface area contributed by atoms with Gasteiger partial charge in [-0.05, 0) is 63.4 Å². The Kier molecular flexibility index (Phi) is 9.56. The predicted molar refractivity (Wildman–Crippen MR) is 141 cm³/mol. The summed E-state index contributed by atoms with van der Waals surface area (Å²) in [6.45, 7) is 5.74. The Balaban J connectivity index is 1.59. The molecule has 4 N–H and O–H groups in total. The van der Waals surface area contributed by atoms with Gasteiger partial charge in [0.2, 0.25) is 5.95 Å². The molecule has 0 saturated carbocycles. The van der Waals surface area contributed by atoms with Crippen molar-refractivity contribution in [2.24, 2.45) is 0 Å². The number of aromatic nitrogens is 2. The van der Waals surface area contributed by atoms with Crippen molar-refractivity contribution in [3.8, 4) is 5.75 Å². The summed E-state index contributed by atoms with van der Waals surface area (Å²) < 4.78 is 4.81. The molecule has 2 heterocycles. The number of rotatable bonds is 11. The Hall–Kier alpha value is -3.99. The molecule has 37 heavy (non-hydrogen) atoms. The van der Waals surface area contributed by atoms with Gasteiger partial charge >= 0.3 is 5.97 Å². The minimum absolute atomic E-state index is 0.133. The van der Waals surface area contributed by atoms with Gasteiger partial charge in [0.05, 0.1) is 28.9 Å². The van der Waals surface area contributed by atoms with Crippen LogP contribution in [0.2, 0.25) is 0 Å². The van der Waals surface area contributed by atoms with E-state index in [4.69, 9.17) is 4.74 Å². The molecule has 11 heteroatoms. The van der Waals surface area contributed by atoms with Crippen molar-refractivity contribution in [2.45, 2.75) is 39.7 Å². The van der Waals surface area contributed by atoms with E-state index in [9.17, 15) is 19.5 Å². The largest absolute Gasteiger partial charge is 0.508 e. The van der Waals surface area contributed by atoms with Crippen molar-refractivity contribution in [2.75, 3.05) is 25.5 Å². The van der Waals surface area contributed by atoms with Crippen molar-refractivity contribution in [1.29, 1.82) is 0 Å². The number of nitrogens with one attached hydrogen (secondary N) is 3. The third-order valence-electron chi connectivity index (χ3n) is 5.56. The molecule has 2 amide bonds. The maximum absolute atomic E-state index is 13.0. The van der Waals surface area contributed by atoms with E-state index >= 15 is 0 Å². The van der Waals surface area contributed by atoms with Gasteiger partial charge in [0.1, 0.15) is 11.8 Å². The molecule has 10 nitrogen and oxygen atoms in total. The smallest absolute Gasteiger partial charge is 0.330 e. The number of thiophene rings is 1. The van der Waals surface area contributed by atoms with Gasteiger partial charge in [-0.3, -0.25) is 9.59 Å². The van der Waals surface area contributed by atoms with E-state index in [2.05, 4.69) is 25.9 Å². The number of methoxy groups -OCH3 is 1. The first-order valence-corrected chi connectivity index (χ1v) is 12.6. The lowest BCUT2D eigenvalue weighted by molar-refractivity contribution is -0.142. The van der Waals surface area contributed by atoms with Gasteiger partial charge < -0.3 is 25.8 Å². The molecule has 1 aromatic carbocycles. The normalized spacial score (nSPS) is 11.5. The number of carbonyl (C=O) groups excluding carboxylic acids is 3. The molecule has 2 aromatic heterocycles. The minimum atomic E-state index is -1.09. The van der Waals surface area contributed by atoms with E-state index in [1.165, 1.54) is 18.4 Å². The number of phenols is 1. The average molecular weight is 526 g/mol. The van der Waals surface area contributed by atoms with Gasteiger partial charge in [-0.15, -0.1) is 11.3 Å². The SMILES string of the molecule is COC(=O)[C@H](CNC(=O)c1ccc(C)s1)NC(=O)c1c(C)nc(NCCCc2cccc(O)c2)nc1C. The maximum atomic E-state index is 13.0. The van der Waals surface area contributed by atoms with Crippen LogP contribution in [0.5, 0.6) is 5.75 Å². The molecule has 0 bridgehead atoms. The number of aryl methyl sites for hydroxylation is 4. The Morgan fingerprint density at radius 1 is 1.05 bits per heavy atom.